The highest BCUT2D eigenvalue weighted by Crippen LogP contribution is 2.42. The van der Waals surface area contributed by atoms with Crippen LogP contribution < -0.4 is 0 Å². The van der Waals surface area contributed by atoms with E-state index >= 15 is 0 Å². The van der Waals surface area contributed by atoms with Gasteiger partial charge in [-0.1, -0.05) is 109 Å². The van der Waals surface area contributed by atoms with Gasteiger partial charge < -0.3 is 0 Å². The molecule has 1 aromatic heterocycles. The van der Waals surface area contributed by atoms with E-state index in [1.165, 1.54) is 27.8 Å². The van der Waals surface area contributed by atoms with Gasteiger partial charge in [-0.2, -0.15) is 0 Å². The number of aromatic nitrogens is 3. The van der Waals surface area contributed by atoms with Crippen LogP contribution in [0.25, 0.3) is 28.2 Å². The van der Waals surface area contributed by atoms with E-state index in [0.717, 1.165) is 22.9 Å². The maximum Gasteiger partial charge on any atom is 0.168 e. The monoisotopic (exact) mass is 479 g/mol. The van der Waals surface area contributed by atoms with Crippen molar-refractivity contribution >= 4 is 0 Å². The van der Waals surface area contributed by atoms with Crippen LogP contribution in [0.4, 0.5) is 0 Å². The lowest BCUT2D eigenvalue weighted by Crippen LogP contribution is -2.36. The van der Waals surface area contributed by atoms with E-state index in [-0.39, 0.29) is 16.2 Å². The average Bonchev–Trinajstić information content (AvgIpc) is 3.23. The van der Waals surface area contributed by atoms with Crippen molar-refractivity contribution in [2.24, 2.45) is 5.41 Å². The van der Waals surface area contributed by atoms with Gasteiger partial charge in [-0.15, -0.1) is 10.2 Å². The van der Waals surface area contributed by atoms with Crippen LogP contribution >= 0.6 is 0 Å². The number of benzene rings is 3. The molecule has 0 unspecified atom stereocenters. The Morgan fingerprint density at radius 2 is 1.28 bits per heavy atom. The van der Waals surface area contributed by atoms with Crippen molar-refractivity contribution in [3.05, 3.63) is 89.2 Å². The summed E-state index contributed by atoms with van der Waals surface area (Å²) in [6.45, 7) is 22.4. The Balaban J connectivity index is 1.87. The zero-order valence-electron chi connectivity index (χ0n) is 23.7. The molecule has 0 aliphatic carbocycles. The molecule has 0 aliphatic heterocycles. The zero-order chi connectivity index (χ0) is 26.5. The molecule has 36 heavy (non-hydrogen) atoms. The van der Waals surface area contributed by atoms with Crippen LogP contribution in [0.2, 0.25) is 0 Å². The molecule has 4 rings (SSSR count). The highest BCUT2D eigenvalue weighted by atomic mass is 15.3. The smallest absolute Gasteiger partial charge is 0.168 e. The summed E-state index contributed by atoms with van der Waals surface area (Å²) >= 11 is 0. The SMILES string of the molecule is Cc1cccc(-c2nnc(C(C)(C)C(C)(C)C)n2-c2ccc(-c3ccc(C(C)(C)C)cc3)cc2C)c1. The number of aryl methyl sites for hydroxylation is 2. The largest absolute Gasteiger partial charge is 0.278 e. The normalized spacial score (nSPS) is 12.7. The first-order chi connectivity index (χ1) is 16.7. The van der Waals surface area contributed by atoms with Gasteiger partial charge in [0.2, 0.25) is 0 Å². The third-order valence-electron chi connectivity index (χ3n) is 7.90. The fraction of sp³-hybridized carbons (Fsp3) is 0.394. The van der Waals surface area contributed by atoms with Crippen molar-refractivity contribution in [2.45, 2.75) is 80.1 Å². The Hall–Kier alpha value is -3.20. The molecular formula is C33H41N3. The summed E-state index contributed by atoms with van der Waals surface area (Å²) in [7, 11) is 0. The zero-order valence-corrected chi connectivity index (χ0v) is 23.7. The first kappa shape index (κ1) is 25.9. The van der Waals surface area contributed by atoms with Crippen LogP contribution in [0, 0.1) is 19.3 Å². The third kappa shape index (κ3) is 4.76. The number of rotatable bonds is 4. The fourth-order valence-electron chi connectivity index (χ4n) is 4.47. The molecule has 3 heteroatoms. The van der Waals surface area contributed by atoms with Gasteiger partial charge >= 0.3 is 0 Å². The fourth-order valence-corrected chi connectivity index (χ4v) is 4.47. The highest BCUT2D eigenvalue weighted by Gasteiger charge is 2.40. The van der Waals surface area contributed by atoms with Crippen molar-refractivity contribution in [2.75, 3.05) is 0 Å². The number of nitrogens with zero attached hydrogens (tertiary/aromatic N) is 3. The lowest BCUT2D eigenvalue weighted by atomic mass is 9.68. The maximum atomic E-state index is 4.80. The Morgan fingerprint density at radius 1 is 0.639 bits per heavy atom. The summed E-state index contributed by atoms with van der Waals surface area (Å²) in [6, 6.07) is 24.2. The summed E-state index contributed by atoms with van der Waals surface area (Å²) in [6.07, 6.45) is 0. The maximum absolute atomic E-state index is 4.80. The molecule has 0 fully saturated rings. The van der Waals surface area contributed by atoms with Crippen molar-refractivity contribution in [3.8, 4) is 28.2 Å². The predicted molar refractivity (Wildman–Crippen MR) is 153 cm³/mol. The quantitative estimate of drug-likeness (QED) is 0.293. The summed E-state index contributed by atoms with van der Waals surface area (Å²) < 4.78 is 2.28. The van der Waals surface area contributed by atoms with E-state index in [2.05, 4.69) is 141 Å². The molecule has 0 atom stereocenters. The van der Waals surface area contributed by atoms with Crippen LogP contribution in [0.5, 0.6) is 0 Å². The molecule has 0 saturated heterocycles. The minimum absolute atomic E-state index is 0.00427. The van der Waals surface area contributed by atoms with Crippen LogP contribution in [0.1, 0.15) is 77.9 Å². The van der Waals surface area contributed by atoms with Crippen molar-refractivity contribution in [1.29, 1.82) is 0 Å². The first-order valence-corrected chi connectivity index (χ1v) is 12.9. The molecule has 3 aromatic carbocycles. The van der Waals surface area contributed by atoms with Gasteiger partial charge in [-0.25, -0.2) is 0 Å². The van der Waals surface area contributed by atoms with Gasteiger partial charge in [-0.05, 0) is 65.1 Å². The Bertz CT molecular complexity index is 1370. The Morgan fingerprint density at radius 3 is 1.83 bits per heavy atom. The molecule has 0 N–H and O–H groups in total. The van der Waals surface area contributed by atoms with Gasteiger partial charge in [-0.3, -0.25) is 4.57 Å². The second-order valence-corrected chi connectivity index (χ2v) is 12.8. The lowest BCUT2D eigenvalue weighted by Gasteiger charge is -2.38. The Labute approximate surface area is 217 Å². The van der Waals surface area contributed by atoms with Crippen molar-refractivity contribution < 1.29 is 0 Å². The standard InChI is InChI=1S/C33H41N3/c1-22-12-11-13-26(20-22)29-34-35-30(33(9,10)32(6,7)8)36(29)28-19-16-25(21-23(28)2)24-14-17-27(18-15-24)31(3,4)5/h11-21H,1-10H3. The molecule has 3 nitrogen and oxygen atoms in total. The van der Waals surface area contributed by atoms with Crippen molar-refractivity contribution in [1.82, 2.24) is 14.8 Å². The van der Waals surface area contributed by atoms with E-state index in [0.29, 0.717) is 0 Å². The van der Waals surface area contributed by atoms with Gasteiger partial charge in [0.05, 0.1) is 5.69 Å². The second kappa shape index (κ2) is 9.03. The summed E-state index contributed by atoms with van der Waals surface area (Å²) in [5.74, 6) is 1.87. The van der Waals surface area contributed by atoms with E-state index in [1.807, 2.05) is 0 Å². The van der Waals surface area contributed by atoms with Crippen molar-refractivity contribution in [3.63, 3.8) is 0 Å². The molecule has 1 heterocycles. The van der Waals surface area contributed by atoms with Crippen LogP contribution in [0.3, 0.4) is 0 Å². The van der Waals surface area contributed by atoms with E-state index < -0.39 is 0 Å². The Kier molecular flexibility index (Phi) is 6.49. The minimum Gasteiger partial charge on any atom is -0.278 e. The van der Waals surface area contributed by atoms with E-state index in [1.54, 1.807) is 0 Å². The molecule has 188 valence electrons. The number of hydrogen-bond donors (Lipinski definition) is 0. The molecule has 4 aromatic rings. The lowest BCUT2D eigenvalue weighted by molar-refractivity contribution is 0.211. The number of hydrogen-bond acceptors (Lipinski definition) is 2. The molecular weight excluding hydrogens is 438 g/mol. The summed E-state index contributed by atoms with van der Waals surface area (Å²) in [5, 5.41) is 9.56. The molecule has 0 bridgehead atoms. The van der Waals surface area contributed by atoms with Gasteiger partial charge in [0.15, 0.2) is 5.82 Å². The highest BCUT2D eigenvalue weighted by molar-refractivity contribution is 5.68. The minimum atomic E-state index is -0.198. The predicted octanol–water partition coefficient (Wildman–Crippen LogP) is 8.84. The van der Waals surface area contributed by atoms with Crippen LogP contribution in [-0.2, 0) is 10.8 Å². The molecule has 0 spiro atoms. The molecule has 0 radical (unpaired) electrons. The molecule has 0 aliphatic rings. The summed E-state index contributed by atoms with van der Waals surface area (Å²) in [5.41, 5.74) is 8.38. The molecule has 0 saturated carbocycles. The second-order valence-electron chi connectivity index (χ2n) is 12.8. The van der Waals surface area contributed by atoms with Gasteiger partial charge in [0.25, 0.3) is 0 Å². The topological polar surface area (TPSA) is 30.7 Å². The van der Waals surface area contributed by atoms with E-state index in [4.69, 9.17) is 10.2 Å². The van der Waals surface area contributed by atoms with Crippen LogP contribution in [-0.4, -0.2) is 14.8 Å². The first-order valence-electron chi connectivity index (χ1n) is 12.9. The van der Waals surface area contributed by atoms with E-state index in [9.17, 15) is 0 Å². The third-order valence-corrected chi connectivity index (χ3v) is 7.90. The van der Waals surface area contributed by atoms with Gasteiger partial charge in [0.1, 0.15) is 5.82 Å². The average molecular weight is 480 g/mol. The van der Waals surface area contributed by atoms with Crippen LogP contribution in [0.15, 0.2) is 66.7 Å². The summed E-state index contributed by atoms with van der Waals surface area (Å²) in [4.78, 5) is 0. The van der Waals surface area contributed by atoms with Gasteiger partial charge in [0, 0.05) is 11.0 Å². The molecule has 0 amide bonds.